The first-order valence-corrected chi connectivity index (χ1v) is 8.78. The van der Waals surface area contributed by atoms with E-state index in [1.54, 1.807) is 0 Å². The predicted molar refractivity (Wildman–Crippen MR) is 79.1 cm³/mol. The number of unbranched alkanes of at least 4 members (excludes halogenated alkanes) is 3. The summed E-state index contributed by atoms with van der Waals surface area (Å²) >= 11 is 0. The van der Waals surface area contributed by atoms with E-state index in [4.69, 9.17) is 9.29 Å². The van der Waals surface area contributed by atoms with E-state index in [-0.39, 0.29) is 6.10 Å². The second kappa shape index (κ2) is 8.94. The van der Waals surface area contributed by atoms with Gasteiger partial charge in [-0.1, -0.05) is 12.8 Å². The van der Waals surface area contributed by atoms with Gasteiger partial charge in [-0.15, -0.1) is 0 Å². The first-order chi connectivity index (χ1) is 9.39. The molecule has 1 heterocycles. The number of piperidine rings is 1. The molecular formula is C13H28N2O4S. The van der Waals surface area contributed by atoms with Crippen molar-refractivity contribution in [3.05, 3.63) is 0 Å². The molecule has 1 aliphatic rings. The molecule has 20 heavy (non-hydrogen) atoms. The number of nitrogens with zero attached hydrogens (tertiary/aromatic N) is 2. The smallest absolute Gasteiger partial charge is 0.335 e. The van der Waals surface area contributed by atoms with Crippen LogP contribution in [0.25, 0.3) is 0 Å². The van der Waals surface area contributed by atoms with Crippen LogP contribution in [0.3, 0.4) is 0 Å². The average Bonchev–Trinajstić information content (AvgIpc) is 2.37. The molecular weight excluding hydrogens is 280 g/mol. The van der Waals surface area contributed by atoms with Crippen LogP contribution in [0.2, 0.25) is 0 Å². The lowest BCUT2D eigenvalue weighted by atomic mass is 10.1. The summed E-state index contributed by atoms with van der Waals surface area (Å²) in [4.78, 5) is 2.19. The van der Waals surface area contributed by atoms with Crippen LogP contribution in [0.1, 0.15) is 38.5 Å². The topological polar surface area (TPSA) is 70.1 Å². The monoisotopic (exact) mass is 308 g/mol. The molecule has 0 aromatic heterocycles. The van der Waals surface area contributed by atoms with Gasteiger partial charge >= 0.3 is 10.3 Å². The van der Waals surface area contributed by atoms with Crippen molar-refractivity contribution in [3.8, 4) is 0 Å². The van der Waals surface area contributed by atoms with E-state index >= 15 is 0 Å². The summed E-state index contributed by atoms with van der Waals surface area (Å²) in [7, 11) is 0.153. The lowest BCUT2D eigenvalue weighted by molar-refractivity contribution is 0.0182. The van der Waals surface area contributed by atoms with E-state index in [2.05, 4.69) is 19.0 Å². The fourth-order valence-corrected chi connectivity index (χ4v) is 3.04. The van der Waals surface area contributed by atoms with Crippen molar-refractivity contribution >= 4 is 10.3 Å². The number of hydrogen-bond acceptors (Lipinski definition) is 4. The Morgan fingerprint density at radius 2 is 1.75 bits per heavy atom. The van der Waals surface area contributed by atoms with Crippen molar-refractivity contribution in [2.75, 3.05) is 40.3 Å². The molecule has 0 aromatic rings. The van der Waals surface area contributed by atoms with Gasteiger partial charge in [0.05, 0.1) is 6.10 Å². The third kappa shape index (κ3) is 7.54. The zero-order valence-electron chi connectivity index (χ0n) is 12.6. The van der Waals surface area contributed by atoms with E-state index in [0.717, 1.165) is 23.9 Å². The second-order valence-electron chi connectivity index (χ2n) is 5.66. The number of hydrogen-bond donors (Lipinski definition) is 1. The highest BCUT2D eigenvalue weighted by atomic mass is 32.2. The Labute approximate surface area is 123 Å². The van der Waals surface area contributed by atoms with Gasteiger partial charge in [-0.3, -0.25) is 4.55 Å². The molecule has 0 saturated carbocycles. The van der Waals surface area contributed by atoms with Crippen molar-refractivity contribution in [1.29, 1.82) is 0 Å². The molecule has 1 fully saturated rings. The Morgan fingerprint density at radius 1 is 1.15 bits per heavy atom. The normalized spacial score (nSPS) is 18.8. The molecule has 0 unspecified atom stereocenters. The van der Waals surface area contributed by atoms with E-state index in [9.17, 15) is 8.42 Å². The molecule has 1 rings (SSSR count). The predicted octanol–water partition coefficient (Wildman–Crippen LogP) is 1.39. The Balaban J connectivity index is 1.99. The summed E-state index contributed by atoms with van der Waals surface area (Å²) in [5, 5.41) is 0. The Kier molecular flexibility index (Phi) is 7.98. The number of rotatable bonds is 9. The maximum atomic E-state index is 10.9. The van der Waals surface area contributed by atoms with Crippen LogP contribution in [-0.2, 0) is 15.0 Å². The molecule has 0 amide bonds. The highest BCUT2D eigenvalue weighted by Crippen LogP contribution is 2.16. The molecule has 0 atom stereocenters. The molecule has 0 aromatic carbocycles. The van der Waals surface area contributed by atoms with Gasteiger partial charge in [-0.2, -0.15) is 12.7 Å². The van der Waals surface area contributed by atoms with Crippen LogP contribution in [0, 0.1) is 0 Å². The molecule has 0 aliphatic carbocycles. The van der Waals surface area contributed by atoms with Crippen LogP contribution < -0.4 is 0 Å². The van der Waals surface area contributed by atoms with Gasteiger partial charge in [-0.05, 0) is 46.3 Å². The van der Waals surface area contributed by atoms with Gasteiger partial charge < -0.3 is 9.64 Å². The lowest BCUT2D eigenvalue weighted by Gasteiger charge is -2.29. The van der Waals surface area contributed by atoms with Crippen LogP contribution in [0.5, 0.6) is 0 Å². The molecule has 0 spiro atoms. The molecule has 0 radical (unpaired) electrons. The van der Waals surface area contributed by atoms with Gasteiger partial charge in [0.25, 0.3) is 0 Å². The highest BCUT2D eigenvalue weighted by molar-refractivity contribution is 7.83. The molecule has 1 aliphatic heterocycles. The van der Waals surface area contributed by atoms with Crippen molar-refractivity contribution in [2.45, 2.75) is 44.6 Å². The van der Waals surface area contributed by atoms with Crippen molar-refractivity contribution in [3.63, 3.8) is 0 Å². The lowest BCUT2D eigenvalue weighted by Crippen LogP contribution is -2.40. The zero-order valence-corrected chi connectivity index (χ0v) is 13.4. The quantitative estimate of drug-likeness (QED) is 0.515. The van der Waals surface area contributed by atoms with E-state index in [1.165, 1.54) is 19.3 Å². The number of ether oxygens (including phenoxy) is 1. The minimum absolute atomic E-state index is 0.134. The zero-order chi connectivity index (χ0) is 15.0. The van der Waals surface area contributed by atoms with Crippen LogP contribution in [0.4, 0.5) is 0 Å². The van der Waals surface area contributed by atoms with Crippen molar-refractivity contribution in [2.24, 2.45) is 0 Å². The Bertz CT molecular complexity index is 351. The van der Waals surface area contributed by atoms with E-state index in [1.807, 2.05) is 0 Å². The Morgan fingerprint density at radius 3 is 2.30 bits per heavy atom. The largest absolute Gasteiger partial charge is 0.378 e. The summed E-state index contributed by atoms with van der Waals surface area (Å²) in [6.45, 7) is 2.59. The second-order valence-corrected chi connectivity index (χ2v) is 7.08. The summed E-state index contributed by atoms with van der Waals surface area (Å²) in [5.74, 6) is 0. The van der Waals surface area contributed by atoms with E-state index < -0.39 is 10.3 Å². The minimum atomic E-state index is -4.02. The molecule has 0 bridgehead atoms. The summed E-state index contributed by atoms with van der Waals surface area (Å²) in [6, 6.07) is 0. The first kappa shape index (κ1) is 17.8. The summed E-state index contributed by atoms with van der Waals surface area (Å²) in [6.07, 6.45) is 6.15. The summed E-state index contributed by atoms with van der Waals surface area (Å²) < 4.78 is 37.7. The van der Waals surface area contributed by atoms with Gasteiger partial charge in [0.2, 0.25) is 0 Å². The average molecular weight is 308 g/mol. The fourth-order valence-electron chi connectivity index (χ4n) is 2.36. The van der Waals surface area contributed by atoms with Crippen LogP contribution in [0.15, 0.2) is 0 Å². The molecule has 120 valence electrons. The minimum Gasteiger partial charge on any atom is -0.378 e. The van der Waals surface area contributed by atoms with Gasteiger partial charge in [0, 0.05) is 19.7 Å². The fraction of sp³-hybridized carbons (Fsp3) is 1.00. The summed E-state index contributed by atoms with van der Waals surface area (Å²) in [5.41, 5.74) is 0. The molecule has 1 N–H and O–H groups in total. The van der Waals surface area contributed by atoms with Crippen LogP contribution in [-0.4, -0.2) is 68.6 Å². The Hall–Kier alpha value is -0.210. The molecule has 7 heteroatoms. The SMILES string of the molecule is CN(C)CCCCCCOC1CCN(S(=O)(=O)O)CC1. The highest BCUT2D eigenvalue weighted by Gasteiger charge is 2.26. The molecule has 1 saturated heterocycles. The third-order valence-corrected chi connectivity index (χ3v) is 4.60. The van der Waals surface area contributed by atoms with Crippen LogP contribution >= 0.6 is 0 Å². The van der Waals surface area contributed by atoms with Crippen molar-refractivity contribution in [1.82, 2.24) is 9.21 Å². The standard InChI is InChI=1S/C13H28N2O4S/c1-14(2)9-5-3-4-6-12-19-13-7-10-15(11-8-13)20(16,17)18/h13H,3-12H2,1-2H3,(H,16,17,18). The van der Waals surface area contributed by atoms with Gasteiger partial charge in [0.1, 0.15) is 0 Å². The van der Waals surface area contributed by atoms with E-state index in [0.29, 0.717) is 25.9 Å². The van der Waals surface area contributed by atoms with Gasteiger partial charge in [-0.25, -0.2) is 0 Å². The maximum absolute atomic E-state index is 10.9. The van der Waals surface area contributed by atoms with Gasteiger partial charge in [0.15, 0.2) is 0 Å². The maximum Gasteiger partial charge on any atom is 0.335 e. The first-order valence-electron chi connectivity index (χ1n) is 7.38. The molecule has 6 nitrogen and oxygen atoms in total. The van der Waals surface area contributed by atoms with Crippen molar-refractivity contribution < 1.29 is 17.7 Å². The third-order valence-electron chi connectivity index (χ3n) is 3.58.